The summed E-state index contributed by atoms with van der Waals surface area (Å²) in [6.07, 6.45) is 3.77. The number of likely N-dealkylation sites (tertiary alicyclic amines) is 1. The zero-order valence-corrected chi connectivity index (χ0v) is 17.2. The van der Waals surface area contributed by atoms with Gasteiger partial charge in [0, 0.05) is 19.6 Å². The highest BCUT2D eigenvalue weighted by Gasteiger charge is 2.28. The van der Waals surface area contributed by atoms with Gasteiger partial charge in [0.2, 0.25) is 5.91 Å². The molecule has 160 valence electrons. The first-order valence-corrected chi connectivity index (χ1v) is 9.85. The van der Waals surface area contributed by atoms with Crippen molar-refractivity contribution in [1.82, 2.24) is 15.5 Å². The average Bonchev–Trinajstić information content (AvgIpc) is 3.25. The Labute approximate surface area is 176 Å². The van der Waals surface area contributed by atoms with Crippen molar-refractivity contribution in [2.45, 2.75) is 31.7 Å². The maximum Gasteiger partial charge on any atom is 0.257 e. The van der Waals surface area contributed by atoms with E-state index in [9.17, 15) is 14.4 Å². The Morgan fingerprint density at radius 2 is 2.00 bits per heavy atom. The Morgan fingerprint density at radius 3 is 2.72 bits per heavy atom. The molecule has 8 nitrogen and oxygen atoms in total. The van der Waals surface area contributed by atoms with Crippen LogP contribution < -0.4 is 21.1 Å². The lowest BCUT2D eigenvalue weighted by atomic mass is 9.97. The minimum atomic E-state index is -0.590. The first-order chi connectivity index (χ1) is 13.5. The van der Waals surface area contributed by atoms with E-state index >= 15 is 0 Å². The van der Waals surface area contributed by atoms with E-state index in [2.05, 4.69) is 10.6 Å². The molecule has 2 aliphatic rings. The number of piperidine rings is 1. The lowest BCUT2D eigenvalue weighted by Crippen LogP contribution is -2.46. The summed E-state index contributed by atoms with van der Waals surface area (Å²) >= 11 is 0. The molecule has 4 N–H and O–H groups in total. The fourth-order valence-corrected chi connectivity index (χ4v) is 3.78. The molecular weight excluding hydrogens is 396 g/mol. The van der Waals surface area contributed by atoms with Crippen LogP contribution in [0.25, 0.3) is 0 Å². The maximum absolute atomic E-state index is 13.0. The Balaban J connectivity index is 0.00000300. The molecule has 3 rings (SSSR count). The Kier molecular flexibility index (Phi) is 8.72. The number of nitrogens with two attached hydrogens (primary N) is 1. The van der Waals surface area contributed by atoms with Crippen LogP contribution in [0.15, 0.2) is 24.3 Å². The van der Waals surface area contributed by atoms with Crippen LogP contribution in [0.5, 0.6) is 5.75 Å². The molecule has 3 amide bonds. The molecule has 0 aliphatic carbocycles. The van der Waals surface area contributed by atoms with Crippen molar-refractivity contribution < 1.29 is 19.1 Å². The van der Waals surface area contributed by atoms with Gasteiger partial charge in [-0.05, 0) is 50.3 Å². The number of nitrogens with one attached hydrogen (secondary N) is 2. The summed E-state index contributed by atoms with van der Waals surface area (Å²) in [5.41, 5.74) is 5.55. The van der Waals surface area contributed by atoms with Crippen LogP contribution >= 0.6 is 12.4 Å². The standard InChI is InChI=1S/C20H28N4O4.ClH/c21-18(25)13-28-17-8-2-1-6-15(17)20(27)24-10-4-5-14(12-24)11-23-19(26)16-7-3-9-22-16;/h1-2,6,8,14,16,22H,3-5,7,9-13H2,(H2,21,25)(H,23,26);1H. The van der Waals surface area contributed by atoms with Crippen molar-refractivity contribution in [3.8, 4) is 5.75 Å². The number of hydrogen-bond donors (Lipinski definition) is 3. The number of para-hydroxylation sites is 1. The van der Waals surface area contributed by atoms with Gasteiger partial charge in [0.15, 0.2) is 6.61 Å². The van der Waals surface area contributed by atoms with Crippen molar-refractivity contribution in [1.29, 1.82) is 0 Å². The number of ether oxygens (including phenoxy) is 1. The van der Waals surface area contributed by atoms with E-state index < -0.39 is 5.91 Å². The Morgan fingerprint density at radius 1 is 1.21 bits per heavy atom. The SMILES string of the molecule is Cl.NC(=O)COc1ccccc1C(=O)N1CCCC(CNC(=O)C2CCCN2)C1. The van der Waals surface area contributed by atoms with Gasteiger partial charge in [0.1, 0.15) is 5.75 Å². The highest BCUT2D eigenvalue weighted by Crippen LogP contribution is 2.23. The molecule has 29 heavy (non-hydrogen) atoms. The lowest BCUT2D eigenvalue weighted by molar-refractivity contribution is -0.123. The van der Waals surface area contributed by atoms with E-state index in [1.165, 1.54) is 0 Å². The second kappa shape index (κ2) is 11.0. The van der Waals surface area contributed by atoms with E-state index in [0.717, 1.165) is 32.2 Å². The quantitative estimate of drug-likeness (QED) is 0.596. The zero-order chi connectivity index (χ0) is 19.9. The third-order valence-corrected chi connectivity index (χ3v) is 5.24. The van der Waals surface area contributed by atoms with Crippen LogP contribution in [0.3, 0.4) is 0 Å². The van der Waals surface area contributed by atoms with Crippen molar-refractivity contribution in [3.05, 3.63) is 29.8 Å². The van der Waals surface area contributed by atoms with Crippen LogP contribution in [0.1, 0.15) is 36.0 Å². The van der Waals surface area contributed by atoms with Crippen LogP contribution in [0.4, 0.5) is 0 Å². The van der Waals surface area contributed by atoms with Gasteiger partial charge >= 0.3 is 0 Å². The van der Waals surface area contributed by atoms with Gasteiger partial charge in [-0.15, -0.1) is 12.4 Å². The number of hydrogen-bond acceptors (Lipinski definition) is 5. The van der Waals surface area contributed by atoms with Crippen LogP contribution in [0.2, 0.25) is 0 Å². The molecular formula is C20H29ClN4O4. The number of primary amides is 1. The van der Waals surface area contributed by atoms with E-state index in [1.807, 2.05) is 0 Å². The monoisotopic (exact) mass is 424 g/mol. The third-order valence-electron chi connectivity index (χ3n) is 5.24. The van der Waals surface area contributed by atoms with Crippen LogP contribution in [-0.4, -0.2) is 61.4 Å². The molecule has 0 saturated carbocycles. The fourth-order valence-electron chi connectivity index (χ4n) is 3.78. The molecule has 0 spiro atoms. The number of halogens is 1. The summed E-state index contributed by atoms with van der Waals surface area (Å²) in [6.45, 7) is 2.44. The van der Waals surface area contributed by atoms with Gasteiger partial charge in [0.25, 0.3) is 11.8 Å². The van der Waals surface area contributed by atoms with E-state index in [0.29, 0.717) is 30.9 Å². The smallest absolute Gasteiger partial charge is 0.257 e. The van der Waals surface area contributed by atoms with E-state index in [1.54, 1.807) is 29.2 Å². The molecule has 9 heteroatoms. The molecule has 2 saturated heterocycles. The lowest BCUT2D eigenvalue weighted by Gasteiger charge is -2.33. The molecule has 2 atom stereocenters. The molecule has 0 bridgehead atoms. The predicted octanol–water partition coefficient (Wildman–Crippen LogP) is 0.693. The normalized spacial score (nSPS) is 21.2. The molecule has 0 aromatic heterocycles. The van der Waals surface area contributed by atoms with Crippen molar-refractivity contribution in [2.24, 2.45) is 11.7 Å². The molecule has 1 aromatic rings. The highest BCUT2D eigenvalue weighted by molar-refractivity contribution is 5.97. The van der Waals surface area contributed by atoms with Gasteiger partial charge in [-0.2, -0.15) is 0 Å². The summed E-state index contributed by atoms with van der Waals surface area (Å²) < 4.78 is 5.39. The second-order valence-electron chi connectivity index (χ2n) is 7.40. The molecule has 2 aliphatic heterocycles. The molecule has 2 unspecified atom stereocenters. The van der Waals surface area contributed by atoms with Crippen molar-refractivity contribution in [2.75, 3.05) is 32.8 Å². The minimum absolute atomic E-state index is 0. The number of nitrogens with zero attached hydrogens (tertiary/aromatic N) is 1. The molecule has 2 fully saturated rings. The molecule has 1 aromatic carbocycles. The molecule has 2 heterocycles. The molecule has 0 radical (unpaired) electrons. The second-order valence-corrected chi connectivity index (χ2v) is 7.40. The van der Waals surface area contributed by atoms with Gasteiger partial charge in [-0.1, -0.05) is 12.1 Å². The van der Waals surface area contributed by atoms with Crippen molar-refractivity contribution in [3.63, 3.8) is 0 Å². The third kappa shape index (κ3) is 6.33. The summed E-state index contributed by atoms with van der Waals surface area (Å²) in [6, 6.07) is 6.78. The van der Waals surface area contributed by atoms with Crippen LogP contribution in [0, 0.1) is 5.92 Å². The van der Waals surface area contributed by atoms with Gasteiger partial charge in [0.05, 0.1) is 11.6 Å². The summed E-state index contributed by atoms with van der Waals surface area (Å²) in [5, 5.41) is 6.22. The largest absolute Gasteiger partial charge is 0.483 e. The van der Waals surface area contributed by atoms with Gasteiger partial charge in [-0.3, -0.25) is 14.4 Å². The number of amides is 3. The predicted molar refractivity (Wildman–Crippen MR) is 111 cm³/mol. The summed E-state index contributed by atoms with van der Waals surface area (Å²) in [4.78, 5) is 38.0. The van der Waals surface area contributed by atoms with Crippen LogP contribution in [-0.2, 0) is 9.59 Å². The van der Waals surface area contributed by atoms with E-state index in [-0.39, 0.29) is 42.8 Å². The van der Waals surface area contributed by atoms with E-state index in [4.69, 9.17) is 10.5 Å². The Hall–Kier alpha value is -2.32. The summed E-state index contributed by atoms with van der Waals surface area (Å²) in [7, 11) is 0. The summed E-state index contributed by atoms with van der Waals surface area (Å²) in [5.74, 6) is -0.0942. The number of benzene rings is 1. The minimum Gasteiger partial charge on any atom is -0.483 e. The Bertz CT molecular complexity index is 724. The first-order valence-electron chi connectivity index (χ1n) is 9.85. The average molecular weight is 425 g/mol. The highest BCUT2D eigenvalue weighted by atomic mass is 35.5. The van der Waals surface area contributed by atoms with Crippen molar-refractivity contribution >= 4 is 30.1 Å². The number of carbonyl (C=O) groups is 3. The zero-order valence-electron chi connectivity index (χ0n) is 16.4. The topological polar surface area (TPSA) is 114 Å². The number of rotatable bonds is 7. The van der Waals surface area contributed by atoms with Gasteiger partial charge < -0.3 is 26.0 Å². The first kappa shape index (κ1) is 23.0. The fraction of sp³-hybridized carbons (Fsp3) is 0.550. The number of carbonyl (C=O) groups excluding carboxylic acids is 3. The maximum atomic E-state index is 13.0. The van der Waals surface area contributed by atoms with Gasteiger partial charge in [-0.25, -0.2) is 0 Å².